The Bertz CT molecular complexity index is 830. The van der Waals surface area contributed by atoms with Crippen LogP contribution < -0.4 is 4.90 Å². The van der Waals surface area contributed by atoms with Crippen molar-refractivity contribution < 1.29 is 18.4 Å². The summed E-state index contributed by atoms with van der Waals surface area (Å²) in [6.07, 6.45) is 4.07. The van der Waals surface area contributed by atoms with Crippen LogP contribution in [0.1, 0.15) is 28.8 Å². The summed E-state index contributed by atoms with van der Waals surface area (Å²) in [7, 11) is 0. The number of hydrogen-bond acceptors (Lipinski definition) is 2. The molecule has 1 fully saturated rings. The van der Waals surface area contributed by atoms with Gasteiger partial charge in [0.25, 0.3) is 0 Å². The third kappa shape index (κ3) is 3.40. The average molecular weight is 327 g/mol. The molecule has 5 heteroatoms. The third-order valence-corrected chi connectivity index (χ3v) is 3.89. The number of allylic oxidation sites excluding steroid dienone is 1. The first-order chi connectivity index (χ1) is 11.5. The first-order valence-corrected chi connectivity index (χ1v) is 7.62. The molecule has 0 radical (unpaired) electrons. The van der Waals surface area contributed by atoms with Crippen molar-refractivity contribution in [2.24, 2.45) is 0 Å². The molecule has 0 saturated carbocycles. The van der Waals surface area contributed by atoms with Gasteiger partial charge in [-0.05, 0) is 42.3 Å². The van der Waals surface area contributed by atoms with E-state index in [1.165, 1.54) is 18.2 Å². The molecule has 0 spiro atoms. The molecule has 2 aromatic rings. The van der Waals surface area contributed by atoms with Crippen molar-refractivity contribution in [2.75, 3.05) is 11.4 Å². The summed E-state index contributed by atoms with van der Waals surface area (Å²) in [4.78, 5) is 25.7. The fourth-order valence-electron chi connectivity index (χ4n) is 2.63. The van der Waals surface area contributed by atoms with E-state index < -0.39 is 11.6 Å². The first-order valence-electron chi connectivity index (χ1n) is 7.62. The van der Waals surface area contributed by atoms with E-state index in [1.54, 1.807) is 29.2 Å². The lowest BCUT2D eigenvalue weighted by Crippen LogP contribution is -2.23. The van der Waals surface area contributed by atoms with Crippen LogP contribution >= 0.6 is 0 Å². The van der Waals surface area contributed by atoms with Crippen LogP contribution in [0.3, 0.4) is 0 Å². The number of anilines is 1. The standard InChI is InChI=1S/C19H15F2NO2/c20-16-8-6-13(11-17(16)21)7-9-18(23)14-3-1-4-15(12-14)22-10-2-5-19(22)24/h1,3-4,6-9,11-12H,2,5,10H2/b9-7+. The first kappa shape index (κ1) is 16.1. The van der Waals surface area contributed by atoms with Crippen LogP contribution in [0.2, 0.25) is 0 Å². The Morgan fingerprint density at radius 2 is 1.92 bits per heavy atom. The number of halogens is 2. The van der Waals surface area contributed by atoms with Gasteiger partial charge in [0.2, 0.25) is 5.91 Å². The van der Waals surface area contributed by atoms with Crippen LogP contribution in [0.5, 0.6) is 0 Å². The van der Waals surface area contributed by atoms with E-state index in [2.05, 4.69) is 0 Å². The number of nitrogens with zero attached hydrogens (tertiary/aromatic N) is 1. The number of rotatable bonds is 4. The predicted molar refractivity (Wildman–Crippen MR) is 87.8 cm³/mol. The lowest BCUT2D eigenvalue weighted by Gasteiger charge is -2.16. The van der Waals surface area contributed by atoms with Gasteiger partial charge in [0.05, 0.1) is 0 Å². The molecule has 1 saturated heterocycles. The molecule has 0 unspecified atom stereocenters. The van der Waals surface area contributed by atoms with Crippen molar-refractivity contribution in [1.29, 1.82) is 0 Å². The quantitative estimate of drug-likeness (QED) is 0.629. The second-order valence-corrected chi connectivity index (χ2v) is 5.57. The molecular weight excluding hydrogens is 312 g/mol. The summed E-state index contributed by atoms with van der Waals surface area (Å²) >= 11 is 0. The topological polar surface area (TPSA) is 37.4 Å². The highest BCUT2D eigenvalue weighted by Crippen LogP contribution is 2.22. The minimum atomic E-state index is -0.959. The van der Waals surface area contributed by atoms with Crippen LogP contribution in [-0.4, -0.2) is 18.2 Å². The zero-order valence-electron chi connectivity index (χ0n) is 12.8. The van der Waals surface area contributed by atoms with Crippen LogP contribution in [-0.2, 0) is 4.79 Å². The molecule has 3 nitrogen and oxygen atoms in total. The highest BCUT2D eigenvalue weighted by Gasteiger charge is 2.22. The molecule has 0 aromatic heterocycles. The van der Waals surface area contributed by atoms with E-state index >= 15 is 0 Å². The normalized spacial score (nSPS) is 14.6. The van der Waals surface area contributed by atoms with Gasteiger partial charge < -0.3 is 4.90 Å². The van der Waals surface area contributed by atoms with Gasteiger partial charge in [0.1, 0.15) is 0 Å². The predicted octanol–water partition coefficient (Wildman–Crippen LogP) is 3.99. The van der Waals surface area contributed by atoms with Crippen molar-refractivity contribution in [3.8, 4) is 0 Å². The van der Waals surface area contributed by atoms with Gasteiger partial charge in [-0.1, -0.05) is 24.3 Å². The monoisotopic (exact) mass is 327 g/mol. The van der Waals surface area contributed by atoms with Crippen molar-refractivity contribution in [3.05, 3.63) is 71.3 Å². The van der Waals surface area contributed by atoms with Crippen LogP contribution in [0, 0.1) is 11.6 Å². The molecule has 1 aliphatic rings. The number of benzene rings is 2. The smallest absolute Gasteiger partial charge is 0.227 e. The average Bonchev–Trinajstić information content (AvgIpc) is 3.02. The van der Waals surface area contributed by atoms with E-state index in [1.807, 2.05) is 0 Å². The fraction of sp³-hybridized carbons (Fsp3) is 0.158. The minimum Gasteiger partial charge on any atom is -0.312 e. The lowest BCUT2D eigenvalue weighted by molar-refractivity contribution is -0.117. The van der Waals surface area contributed by atoms with Crippen molar-refractivity contribution in [2.45, 2.75) is 12.8 Å². The molecule has 0 aliphatic carbocycles. The van der Waals surface area contributed by atoms with Gasteiger partial charge in [-0.2, -0.15) is 0 Å². The highest BCUT2D eigenvalue weighted by atomic mass is 19.2. The van der Waals surface area contributed by atoms with E-state index in [-0.39, 0.29) is 11.7 Å². The zero-order valence-corrected chi connectivity index (χ0v) is 12.8. The highest BCUT2D eigenvalue weighted by molar-refractivity contribution is 6.08. The number of ketones is 1. The van der Waals surface area contributed by atoms with Crippen molar-refractivity contribution in [3.63, 3.8) is 0 Å². The Balaban J connectivity index is 1.78. The van der Waals surface area contributed by atoms with E-state index in [0.29, 0.717) is 29.8 Å². The Kier molecular flexibility index (Phi) is 4.51. The van der Waals surface area contributed by atoms with Gasteiger partial charge in [0.15, 0.2) is 17.4 Å². The zero-order chi connectivity index (χ0) is 17.1. The molecule has 2 aromatic carbocycles. The number of carbonyl (C=O) groups excluding carboxylic acids is 2. The second kappa shape index (κ2) is 6.74. The molecule has 1 heterocycles. The van der Waals surface area contributed by atoms with Gasteiger partial charge >= 0.3 is 0 Å². The summed E-state index contributed by atoms with van der Waals surface area (Å²) in [6, 6.07) is 10.3. The van der Waals surface area contributed by atoms with Crippen molar-refractivity contribution >= 4 is 23.5 Å². The van der Waals surface area contributed by atoms with Gasteiger partial charge in [-0.3, -0.25) is 9.59 Å². The summed E-state index contributed by atoms with van der Waals surface area (Å²) < 4.78 is 26.0. The maximum atomic E-state index is 13.2. The molecule has 3 rings (SSSR count). The van der Waals surface area contributed by atoms with Crippen LogP contribution in [0.15, 0.2) is 48.5 Å². The van der Waals surface area contributed by atoms with Gasteiger partial charge in [0, 0.05) is 24.2 Å². The number of hydrogen-bond donors (Lipinski definition) is 0. The van der Waals surface area contributed by atoms with E-state index in [4.69, 9.17) is 0 Å². The van der Waals surface area contributed by atoms with Gasteiger partial charge in [-0.25, -0.2) is 8.78 Å². The summed E-state index contributed by atoms with van der Waals surface area (Å²) in [6.45, 7) is 0.654. The van der Waals surface area contributed by atoms with Crippen molar-refractivity contribution in [1.82, 2.24) is 0 Å². The Hall–Kier alpha value is -2.82. The second-order valence-electron chi connectivity index (χ2n) is 5.57. The molecule has 0 bridgehead atoms. The third-order valence-electron chi connectivity index (χ3n) is 3.89. The summed E-state index contributed by atoms with van der Waals surface area (Å²) in [5, 5.41) is 0. The molecule has 1 amide bonds. The molecule has 0 atom stereocenters. The maximum absolute atomic E-state index is 13.2. The maximum Gasteiger partial charge on any atom is 0.227 e. The van der Waals surface area contributed by atoms with Gasteiger partial charge in [-0.15, -0.1) is 0 Å². The number of amides is 1. The molecular formula is C19H15F2NO2. The Morgan fingerprint density at radius 1 is 1.08 bits per heavy atom. The molecule has 0 N–H and O–H groups in total. The van der Waals surface area contributed by atoms with Crippen LogP contribution in [0.4, 0.5) is 14.5 Å². The molecule has 24 heavy (non-hydrogen) atoms. The van der Waals surface area contributed by atoms with E-state index in [0.717, 1.165) is 18.6 Å². The lowest BCUT2D eigenvalue weighted by atomic mass is 10.1. The Morgan fingerprint density at radius 3 is 2.62 bits per heavy atom. The Labute approximate surface area is 138 Å². The van der Waals surface area contributed by atoms with Crippen LogP contribution in [0.25, 0.3) is 6.08 Å². The minimum absolute atomic E-state index is 0.0527. The molecule has 122 valence electrons. The molecule has 1 aliphatic heterocycles. The number of carbonyl (C=O) groups is 2. The fourth-order valence-corrected chi connectivity index (χ4v) is 2.63. The SMILES string of the molecule is O=C(/C=C/c1ccc(F)c(F)c1)c1cccc(N2CCCC2=O)c1. The summed E-state index contributed by atoms with van der Waals surface area (Å²) in [5.74, 6) is -2.11. The largest absolute Gasteiger partial charge is 0.312 e. The summed E-state index contributed by atoms with van der Waals surface area (Å²) in [5.41, 5.74) is 1.53. The van der Waals surface area contributed by atoms with E-state index in [9.17, 15) is 18.4 Å².